The minimum absolute atomic E-state index is 0.101. The van der Waals surface area contributed by atoms with Gasteiger partial charge in [0.1, 0.15) is 0 Å². The summed E-state index contributed by atoms with van der Waals surface area (Å²) in [6.07, 6.45) is 7.44. The molecule has 1 unspecified atom stereocenters. The Morgan fingerprint density at radius 2 is 2.18 bits per heavy atom. The lowest BCUT2D eigenvalue weighted by molar-refractivity contribution is -0.118. The van der Waals surface area contributed by atoms with E-state index in [9.17, 15) is 4.79 Å². The third kappa shape index (κ3) is 5.50. The summed E-state index contributed by atoms with van der Waals surface area (Å²) >= 11 is 1.56. The van der Waals surface area contributed by atoms with Crippen LogP contribution in [0.2, 0.25) is 0 Å². The van der Waals surface area contributed by atoms with Gasteiger partial charge in [-0.15, -0.1) is 11.3 Å². The van der Waals surface area contributed by atoms with Crippen molar-refractivity contribution in [3.63, 3.8) is 0 Å². The predicted octanol–water partition coefficient (Wildman–Crippen LogP) is 4.42. The average Bonchev–Trinajstić information content (AvgIpc) is 3.29. The number of likely N-dealkylation sites (N-methyl/N-ethyl adjacent to an activating group) is 1. The highest BCUT2D eigenvalue weighted by Crippen LogP contribution is 2.31. The second kappa shape index (κ2) is 10.1. The van der Waals surface area contributed by atoms with Gasteiger partial charge < -0.3 is 15.6 Å². The van der Waals surface area contributed by atoms with Gasteiger partial charge in [-0.3, -0.25) is 4.79 Å². The Morgan fingerprint density at radius 3 is 2.71 bits per heavy atom. The molecule has 150 valence electrons. The molecular weight excluding hydrogens is 370 g/mol. The lowest BCUT2D eigenvalue weighted by atomic mass is 9.95. The van der Waals surface area contributed by atoms with Crippen LogP contribution in [0.1, 0.15) is 51.0 Å². The van der Waals surface area contributed by atoms with Crippen LogP contribution in [0.15, 0.2) is 47.2 Å². The van der Waals surface area contributed by atoms with E-state index in [1.807, 2.05) is 25.4 Å². The molecule has 0 aliphatic carbocycles. The lowest BCUT2D eigenvalue weighted by Gasteiger charge is -2.20. The van der Waals surface area contributed by atoms with Crippen molar-refractivity contribution in [1.82, 2.24) is 25.6 Å². The molecule has 0 saturated heterocycles. The molecule has 0 aliphatic rings. The Hall–Kier alpha value is -2.51. The summed E-state index contributed by atoms with van der Waals surface area (Å²) in [5.74, 6) is 0.656. The number of H-pyrrole nitrogens is 1. The van der Waals surface area contributed by atoms with Crippen molar-refractivity contribution in [2.24, 2.45) is 0 Å². The maximum Gasteiger partial charge on any atom is 0.221 e. The smallest absolute Gasteiger partial charge is 0.221 e. The molecule has 7 heteroatoms. The van der Waals surface area contributed by atoms with Gasteiger partial charge in [0.05, 0.1) is 11.7 Å². The molecule has 28 heavy (non-hydrogen) atoms. The number of nitrogens with zero attached hydrogens (tertiary/aromatic N) is 2. The topological polar surface area (TPSA) is 82.7 Å². The molecule has 0 aliphatic heterocycles. The van der Waals surface area contributed by atoms with E-state index in [2.05, 4.69) is 41.0 Å². The van der Waals surface area contributed by atoms with E-state index in [1.165, 1.54) is 12.5 Å². The summed E-state index contributed by atoms with van der Waals surface area (Å²) in [5, 5.41) is 9.11. The average molecular weight is 400 g/mol. The van der Waals surface area contributed by atoms with E-state index >= 15 is 0 Å². The van der Waals surface area contributed by atoms with E-state index in [4.69, 9.17) is 4.98 Å². The molecule has 0 spiro atoms. The number of imidazole rings is 1. The van der Waals surface area contributed by atoms with Crippen LogP contribution >= 0.6 is 11.3 Å². The first-order chi connectivity index (χ1) is 13.4. The zero-order valence-corrected chi connectivity index (χ0v) is 18.0. The van der Waals surface area contributed by atoms with Gasteiger partial charge in [-0.25, -0.2) is 9.97 Å². The quantitative estimate of drug-likeness (QED) is 0.545. The fourth-order valence-corrected chi connectivity index (χ4v) is 3.80. The molecule has 1 atom stereocenters. The van der Waals surface area contributed by atoms with Crippen LogP contribution in [0.4, 0.5) is 0 Å². The first-order valence-corrected chi connectivity index (χ1v) is 10.2. The van der Waals surface area contributed by atoms with Crippen molar-refractivity contribution in [1.29, 1.82) is 0 Å². The summed E-state index contributed by atoms with van der Waals surface area (Å²) in [6, 6.07) is -0.101. The van der Waals surface area contributed by atoms with E-state index in [1.54, 1.807) is 23.6 Å². The van der Waals surface area contributed by atoms with Gasteiger partial charge in [0.15, 0.2) is 10.8 Å². The Morgan fingerprint density at radius 1 is 1.43 bits per heavy atom. The third-order valence-electron chi connectivity index (χ3n) is 4.29. The Labute approximate surface area is 170 Å². The van der Waals surface area contributed by atoms with Gasteiger partial charge in [-0.05, 0) is 45.0 Å². The van der Waals surface area contributed by atoms with Gasteiger partial charge in [0, 0.05) is 29.9 Å². The Balaban J connectivity index is 2.46. The number of rotatable bonds is 9. The molecule has 0 aromatic carbocycles. The van der Waals surface area contributed by atoms with Gasteiger partial charge in [0.25, 0.3) is 0 Å². The number of aryl methyl sites for hydroxylation is 1. The number of carbonyl (C=O) groups is 1. The molecule has 0 saturated carbocycles. The fourth-order valence-electron chi connectivity index (χ4n) is 3.00. The molecule has 0 fully saturated rings. The van der Waals surface area contributed by atoms with Crippen LogP contribution in [0.5, 0.6) is 0 Å². The minimum Gasteiger partial charge on any atom is -0.340 e. The monoisotopic (exact) mass is 399 g/mol. The molecule has 0 radical (unpaired) electrons. The molecule has 2 rings (SSSR count). The van der Waals surface area contributed by atoms with Crippen molar-refractivity contribution in [2.75, 3.05) is 7.05 Å². The number of carbonyl (C=O) groups excluding carboxylic acids is 1. The molecular formula is C21H29N5OS. The van der Waals surface area contributed by atoms with Crippen LogP contribution in [0.25, 0.3) is 10.8 Å². The summed E-state index contributed by atoms with van der Waals surface area (Å²) < 4.78 is 0. The first kappa shape index (κ1) is 21.8. The van der Waals surface area contributed by atoms with Crippen molar-refractivity contribution in [2.45, 2.75) is 46.6 Å². The van der Waals surface area contributed by atoms with E-state index in [0.717, 1.165) is 40.6 Å². The van der Waals surface area contributed by atoms with E-state index < -0.39 is 0 Å². The molecule has 0 bridgehead atoms. The van der Waals surface area contributed by atoms with Crippen LogP contribution < -0.4 is 10.6 Å². The Kier molecular flexibility index (Phi) is 7.90. The number of aromatic amines is 1. The van der Waals surface area contributed by atoms with E-state index in [-0.39, 0.29) is 11.9 Å². The van der Waals surface area contributed by atoms with Crippen LogP contribution in [0, 0.1) is 6.92 Å². The van der Waals surface area contributed by atoms with Crippen LogP contribution in [-0.4, -0.2) is 27.9 Å². The number of thiazole rings is 1. The van der Waals surface area contributed by atoms with Gasteiger partial charge in [0.2, 0.25) is 5.91 Å². The van der Waals surface area contributed by atoms with Gasteiger partial charge in [-0.1, -0.05) is 25.5 Å². The maximum absolute atomic E-state index is 11.5. The molecule has 1 amide bonds. The second-order valence-corrected chi connectivity index (χ2v) is 7.54. The van der Waals surface area contributed by atoms with Crippen molar-refractivity contribution in [3.8, 4) is 10.8 Å². The Bertz CT molecular complexity index is 890. The zero-order chi connectivity index (χ0) is 20.7. The largest absolute Gasteiger partial charge is 0.340 e. The second-order valence-electron chi connectivity index (χ2n) is 6.68. The van der Waals surface area contributed by atoms with Gasteiger partial charge >= 0.3 is 0 Å². The normalized spacial score (nSPS) is 13.8. The van der Waals surface area contributed by atoms with Crippen molar-refractivity contribution in [3.05, 3.63) is 58.5 Å². The summed E-state index contributed by atoms with van der Waals surface area (Å²) in [5.41, 5.74) is 4.93. The van der Waals surface area contributed by atoms with Crippen molar-refractivity contribution >= 4 is 17.2 Å². The van der Waals surface area contributed by atoms with Gasteiger partial charge in [-0.2, -0.15) is 0 Å². The molecule has 3 N–H and O–H groups in total. The minimum atomic E-state index is -0.121. The lowest BCUT2D eigenvalue weighted by Crippen LogP contribution is -2.22. The van der Waals surface area contributed by atoms with E-state index in [0.29, 0.717) is 5.70 Å². The maximum atomic E-state index is 11.5. The number of hydrogen-bond acceptors (Lipinski definition) is 5. The SMILES string of the molecule is C=C/C(=C\C(=C(/C)CCC)C(NC)c1csc(-c2ncc(C)[nH]2)n1)NC(C)=O. The highest BCUT2D eigenvalue weighted by molar-refractivity contribution is 7.13. The molecule has 6 nitrogen and oxygen atoms in total. The highest BCUT2D eigenvalue weighted by Gasteiger charge is 2.20. The fraction of sp³-hybridized carbons (Fsp3) is 0.381. The number of aromatic nitrogens is 3. The summed E-state index contributed by atoms with van der Waals surface area (Å²) in [7, 11) is 1.92. The third-order valence-corrected chi connectivity index (χ3v) is 5.16. The van der Waals surface area contributed by atoms with Crippen LogP contribution in [-0.2, 0) is 4.79 Å². The van der Waals surface area contributed by atoms with Crippen LogP contribution in [0.3, 0.4) is 0 Å². The number of hydrogen-bond donors (Lipinski definition) is 3. The summed E-state index contributed by atoms with van der Waals surface area (Å²) in [4.78, 5) is 23.9. The zero-order valence-electron chi connectivity index (χ0n) is 17.2. The molecule has 2 aromatic heterocycles. The number of nitrogens with one attached hydrogen (secondary N) is 3. The standard InChI is InChI=1S/C21H29N5OS/c1-7-9-13(3)17(10-16(8-2)25-15(5)27)19(22-6)18-12-28-21(26-18)20-23-11-14(4)24-20/h8,10-12,19,22H,2,7,9H2,1,3-6H3,(H,23,24)(H,25,27)/b16-10+,17-13-. The predicted molar refractivity (Wildman–Crippen MR) is 116 cm³/mol. The highest BCUT2D eigenvalue weighted by atomic mass is 32.1. The number of allylic oxidation sites excluding steroid dienone is 2. The first-order valence-electron chi connectivity index (χ1n) is 9.35. The molecule has 2 heterocycles. The molecule has 2 aromatic rings. The number of amides is 1. The van der Waals surface area contributed by atoms with Crippen molar-refractivity contribution < 1.29 is 4.79 Å². The summed E-state index contributed by atoms with van der Waals surface area (Å²) in [6.45, 7) is 11.6.